The van der Waals surface area contributed by atoms with Crippen LogP contribution in [0.1, 0.15) is 10.6 Å². The molecule has 0 amide bonds. The Bertz CT molecular complexity index is 325. The van der Waals surface area contributed by atoms with Crippen LogP contribution in [0.25, 0.3) is 0 Å². The van der Waals surface area contributed by atoms with Gasteiger partial charge >= 0.3 is 0 Å². The highest BCUT2D eigenvalue weighted by Gasteiger charge is 2.09. The normalized spacial score (nSPS) is 10.0. The van der Waals surface area contributed by atoms with Gasteiger partial charge in [0.2, 0.25) is 0 Å². The first-order valence-corrected chi connectivity index (χ1v) is 3.44. The van der Waals surface area contributed by atoms with Gasteiger partial charge in [0.25, 0.3) is 5.91 Å². The summed E-state index contributed by atoms with van der Waals surface area (Å²) in [7, 11) is 0. The summed E-state index contributed by atoms with van der Waals surface area (Å²) in [5, 5.41) is 0. The predicted octanol–water partition coefficient (Wildman–Crippen LogP) is 1.16. The van der Waals surface area contributed by atoms with E-state index in [-0.39, 0.29) is 5.91 Å². The molecule has 0 aliphatic carbocycles. The molecule has 0 aromatic carbocycles. The van der Waals surface area contributed by atoms with E-state index in [1.54, 1.807) is 24.5 Å². The van der Waals surface area contributed by atoms with Crippen LogP contribution in [0.2, 0.25) is 0 Å². The number of aromatic nitrogens is 2. The van der Waals surface area contributed by atoms with Crippen molar-refractivity contribution >= 4 is 5.91 Å². The molecule has 12 heavy (non-hydrogen) atoms. The number of imidazole rings is 1. The van der Waals surface area contributed by atoms with E-state index in [0.717, 1.165) is 0 Å². The molecule has 0 aliphatic heterocycles. The molecule has 2 heterocycles. The molecule has 2 aromatic heterocycles. The Morgan fingerprint density at radius 1 is 1.58 bits per heavy atom. The van der Waals surface area contributed by atoms with E-state index in [1.807, 2.05) is 0 Å². The number of carbonyl (C=O) groups is 1. The van der Waals surface area contributed by atoms with Crippen molar-refractivity contribution in [3.63, 3.8) is 0 Å². The van der Waals surface area contributed by atoms with Gasteiger partial charge in [-0.25, -0.2) is 4.98 Å². The number of furan rings is 1. The molecule has 4 heteroatoms. The van der Waals surface area contributed by atoms with E-state index >= 15 is 0 Å². The Morgan fingerprint density at radius 2 is 2.50 bits per heavy atom. The zero-order valence-electron chi connectivity index (χ0n) is 6.18. The molecule has 0 fully saturated rings. The fraction of sp³-hybridized carbons (Fsp3) is 0. The second-order valence-electron chi connectivity index (χ2n) is 2.25. The van der Waals surface area contributed by atoms with E-state index in [2.05, 4.69) is 4.98 Å². The van der Waals surface area contributed by atoms with Crippen molar-refractivity contribution in [3.05, 3.63) is 42.9 Å². The minimum Gasteiger partial charge on any atom is -0.459 e. The number of nitrogens with zero attached hydrogens (tertiary/aromatic N) is 2. The van der Waals surface area contributed by atoms with Crippen LogP contribution < -0.4 is 0 Å². The summed E-state index contributed by atoms with van der Waals surface area (Å²) >= 11 is 0. The van der Waals surface area contributed by atoms with Crippen molar-refractivity contribution in [2.75, 3.05) is 0 Å². The number of rotatable bonds is 1. The Hall–Kier alpha value is -1.84. The number of carbonyl (C=O) groups excluding carboxylic acids is 1. The van der Waals surface area contributed by atoms with Crippen LogP contribution in [0.5, 0.6) is 0 Å². The second kappa shape index (κ2) is 2.65. The fourth-order valence-corrected chi connectivity index (χ4v) is 0.907. The zero-order chi connectivity index (χ0) is 8.39. The summed E-state index contributed by atoms with van der Waals surface area (Å²) in [5.41, 5.74) is 0. The SMILES string of the molecule is O=C(c1ccco1)n1ccnc1. The van der Waals surface area contributed by atoms with E-state index in [9.17, 15) is 4.79 Å². The van der Waals surface area contributed by atoms with E-state index < -0.39 is 0 Å². The summed E-state index contributed by atoms with van der Waals surface area (Å²) in [6, 6.07) is 3.28. The lowest BCUT2D eigenvalue weighted by atomic mass is 10.4. The lowest BCUT2D eigenvalue weighted by molar-refractivity contribution is 0.0932. The topological polar surface area (TPSA) is 48.0 Å². The van der Waals surface area contributed by atoms with Crippen molar-refractivity contribution in [1.82, 2.24) is 9.55 Å². The monoisotopic (exact) mass is 162 g/mol. The third-order valence-electron chi connectivity index (χ3n) is 1.47. The van der Waals surface area contributed by atoms with Crippen molar-refractivity contribution in [2.45, 2.75) is 0 Å². The summed E-state index contributed by atoms with van der Waals surface area (Å²) in [6.45, 7) is 0. The molecule has 2 rings (SSSR count). The molecule has 0 bridgehead atoms. The predicted molar refractivity (Wildman–Crippen MR) is 40.7 cm³/mol. The highest BCUT2D eigenvalue weighted by Crippen LogP contribution is 2.02. The molecule has 0 unspecified atom stereocenters. The number of hydrogen-bond acceptors (Lipinski definition) is 3. The largest absolute Gasteiger partial charge is 0.459 e. The fourth-order valence-electron chi connectivity index (χ4n) is 0.907. The van der Waals surface area contributed by atoms with Crippen LogP contribution in [0.3, 0.4) is 0 Å². The van der Waals surface area contributed by atoms with Gasteiger partial charge in [-0.2, -0.15) is 0 Å². The van der Waals surface area contributed by atoms with E-state index in [1.165, 1.54) is 17.2 Å². The average Bonchev–Trinajstić information content (AvgIpc) is 2.77. The maximum Gasteiger partial charge on any atom is 0.298 e. The molecule has 0 saturated heterocycles. The highest BCUT2D eigenvalue weighted by atomic mass is 16.3. The third-order valence-corrected chi connectivity index (χ3v) is 1.47. The van der Waals surface area contributed by atoms with Crippen molar-refractivity contribution in [2.24, 2.45) is 0 Å². The standard InChI is InChI=1S/C8H6N2O2/c11-8(7-2-1-5-12-7)10-4-3-9-6-10/h1-6H. The molecule has 0 spiro atoms. The van der Waals surface area contributed by atoms with Gasteiger partial charge in [-0.3, -0.25) is 9.36 Å². The summed E-state index contributed by atoms with van der Waals surface area (Å²) in [5.74, 6) is 0.102. The Labute approximate surface area is 68.4 Å². The van der Waals surface area contributed by atoms with Crippen LogP contribution in [-0.4, -0.2) is 15.5 Å². The quantitative estimate of drug-likeness (QED) is 0.632. The Kier molecular flexibility index (Phi) is 1.51. The molecule has 0 saturated carbocycles. The Morgan fingerprint density at radius 3 is 3.08 bits per heavy atom. The van der Waals surface area contributed by atoms with Crippen molar-refractivity contribution < 1.29 is 9.21 Å². The molecule has 4 nitrogen and oxygen atoms in total. The molecular formula is C8H6N2O2. The molecule has 0 atom stereocenters. The molecule has 0 aliphatic rings. The van der Waals surface area contributed by atoms with Gasteiger partial charge in [0.1, 0.15) is 6.33 Å². The summed E-state index contributed by atoms with van der Waals surface area (Å²) in [4.78, 5) is 15.2. The van der Waals surface area contributed by atoms with Crippen LogP contribution >= 0.6 is 0 Å². The van der Waals surface area contributed by atoms with Gasteiger partial charge in [-0.05, 0) is 12.1 Å². The molecule has 0 N–H and O–H groups in total. The van der Waals surface area contributed by atoms with Crippen LogP contribution in [0, 0.1) is 0 Å². The van der Waals surface area contributed by atoms with Crippen LogP contribution in [-0.2, 0) is 0 Å². The highest BCUT2D eigenvalue weighted by molar-refractivity contribution is 5.93. The first-order chi connectivity index (χ1) is 5.88. The summed E-state index contributed by atoms with van der Waals surface area (Å²) < 4.78 is 6.28. The van der Waals surface area contributed by atoms with Crippen molar-refractivity contribution in [3.8, 4) is 0 Å². The molecule has 0 radical (unpaired) electrons. The third kappa shape index (κ3) is 1.03. The average molecular weight is 162 g/mol. The minimum atomic E-state index is -0.211. The minimum absolute atomic E-state index is 0.211. The van der Waals surface area contributed by atoms with Gasteiger partial charge in [-0.15, -0.1) is 0 Å². The van der Waals surface area contributed by atoms with Gasteiger partial charge in [0.15, 0.2) is 5.76 Å². The lowest BCUT2D eigenvalue weighted by Gasteiger charge is -1.94. The van der Waals surface area contributed by atoms with Gasteiger partial charge in [-0.1, -0.05) is 0 Å². The van der Waals surface area contributed by atoms with Gasteiger partial charge in [0, 0.05) is 12.4 Å². The van der Waals surface area contributed by atoms with Crippen LogP contribution in [0.15, 0.2) is 41.5 Å². The Balaban J connectivity index is 2.34. The summed E-state index contributed by atoms with van der Waals surface area (Å²) in [6.07, 6.45) is 6.01. The zero-order valence-corrected chi connectivity index (χ0v) is 6.18. The van der Waals surface area contributed by atoms with Crippen molar-refractivity contribution in [1.29, 1.82) is 0 Å². The second-order valence-corrected chi connectivity index (χ2v) is 2.25. The molecular weight excluding hydrogens is 156 g/mol. The van der Waals surface area contributed by atoms with Gasteiger partial charge in [0.05, 0.1) is 6.26 Å². The first kappa shape index (κ1) is 6.84. The maximum absolute atomic E-state index is 11.4. The first-order valence-electron chi connectivity index (χ1n) is 3.44. The van der Waals surface area contributed by atoms with E-state index in [0.29, 0.717) is 5.76 Å². The van der Waals surface area contributed by atoms with Crippen LogP contribution in [0.4, 0.5) is 0 Å². The van der Waals surface area contributed by atoms with Gasteiger partial charge < -0.3 is 4.42 Å². The smallest absolute Gasteiger partial charge is 0.298 e. The molecule has 60 valence electrons. The van der Waals surface area contributed by atoms with E-state index in [4.69, 9.17) is 4.42 Å². The maximum atomic E-state index is 11.4. The molecule has 2 aromatic rings. The lowest BCUT2D eigenvalue weighted by Crippen LogP contribution is -2.07. The number of hydrogen-bond donors (Lipinski definition) is 0.